The van der Waals surface area contributed by atoms with E-state index in [1.165, 1.54) is 12.7 Å². The van der Waals surface area contributed by atoms with Gasteiger partial charge in [0.05, 0.1) is 12.6 Å². The number of carbonyl (C=O) groups is 1. The molecule has 0 fully saturated rings. The van der Waals surface area contributed by atoms with Crippen molar-refractivity contribution in [1.82, 2.24) is 5.32 Å². The fourth-order valence-corrected chi connectivity index (χ4v) is 3.33. The quantitative estimate of drug-likeness (QED) is 0.728. The van der Waals surface area contributed by atoms with Crippen LogP contribution in [0.3, 0.4) is 0 Å². The van der Waals surface area contributed by atoms with Crippen molar-refractivity contribution in [2.24, 2.45) is 5.73 Å². The number of carbonyl (C=O) groups excluding carboxylic acids is 1. The summed E-state index contributed by atoms with van der Waals surface area (Å²) in [6.07, 6.45) is 1.11. The molecule has 3 atom stereocenters. The fraction of sp³-hybridized carbons (Fsp3) is 0.421. The number of nitrogens with two attached hydrogens (primary N) is 1. The number of halogens is 1. The van der Waals surface area contributed by atoms with Gasteiger partial charge in [-0.25, -0.2) is 0 Å². The number of methoxy groups -OCH3 is 1. The molecular weight excluding hydrogens is 356 g/mol. The molecule has 2 aromatic rings. The standard InChI is InChI=1S/C19H26N2O2S.ClH/c1-4-13(2)14-7-9-15(10-8-14)18(17-6-5-11-24-17)21-19(22)16(20)12-23-3;/h5-11,13,16,18H,4,12,20H2,1-3H3,(H,21,22);1H. The summed E-state index contributed by atoms with van der Waals surface area (Å²) in [5, 5.41) is 5.06. The average Bonchev–Trinajstić information content (AvgIpc) is 3.13. The van der Waals surface area contributed by atoms with E-state index in [1.807, 2.05) is 17.5 Å². The Bertz CT molecular complexity index is 631. The lowest BCUT2D eigenvalue weighted by Gasteiger charge is -2.21. The summed E-state index contributed by atoms with van der Waals surface area (Å²) in [5.74, 6) is 0.324. The van der Waals surface area contributed by atoms with Crippen molar-refractivity contribution in [2.45, 2.75) is 38.3 Å². The van der Waals surface area contributed by atoms with Crippen LogP contribution in [0.5, 0.6) is 0 Å². The number of amides is 1. The fourth-order valence-electron chi connectivity index (χ4n) is 2.53. The highest BCUT2D eigenvalue weighted by molar-refractivity contribution is 7.10. The summed E-state index contributed by atoms with van der Waals surface area (Å²) in [7, 11) is 1.54. The minimum absolute atomic E-state index is 0. The molecule has 0 aliphatic rings. The molecule has 6 heteroatoms. The lowest BCUT2D eigenvalue weighted by molar-refractivity contribution is -0.123. The smallest absolute Gasteiger partial charge is 0.240 e. The van der Waals surface area contributed by atoms with Crippen molar-refractivity contribution >= 4 is 29.7 Å². The molecule has 3 unspecified atom stereocenters. The van der Waals surface area contributed by atoms with Gasteiger partial charge in [0.2, 0.25) is 5.91 Å². The van der Waals surface area contributed by atoms with Crippen LogP contribution in [0.25, 0.3) is 0 Å². The minimum Gasteiger partial charge on any atom is -0.383 e. The number of benzene rings is 1. The molecule has 0 radical (unpaired) electrons. The highest BCUT2D eigenvalue weighted by Gasteiger charge is 2.21. The van der Waals surface area contributed by atoms with Crippen LogP contribution in [0, 0.1) is 0 Å². The molecule has 0 bridgehead atoms. The molecule has 0 aliphatic heterocycles. The van der Waals surface area contributed by atoms with Gasteiger partial charge in [0, 0.05) is 12.0 Å². The monoisotopic (exact) mass is 382 g/mol. The van der Waals surface area contributed by atoms with Crippen LogP contribution in [0.15, 0.2) is 41.8 Å². The second-order valence-corrected chi connectivity index (χ2v) is 6.97. The number of thiophene rings is 1. The molecule has 0 saturated carbocycles. The van der Waals surface area contributed by atoms with Crippen molar-refractivity contribution < 1.29 is 9.53 Å². The molecule has 0 aliphatic carbocycles. The largest absolute Gasteiger partial charge is 0.383 e. The van der Waals surface area contributed by atoms with Gasteiger partial charge in [-0.05, 0) is 34.9 Å². The molecule has 2 rings (SSSR count). The maximum Gasteiger partial charge on any atom is 0.240 e. The van der Waals surface area contributed by atoms with Gasteiger partial charge in [-0.15, -0.1) is 23.7 Å². The third-order valence-electron chi connectivity index (χ3n) is 4.25. The maximum absolute atomic E-state index is 12.3. The minimum atomic E-state index is -0.670. The Balaban J connectivity index is 0.00000312. The second kappa shape index (κ2) is 10.6. The number of ether oxygens (including phenoxy) is 1. The normalized spacial score (nSPS) is 14.2. The zero-order chi connectivity index (χ0) is 17.5. The Hall–Kier alpha value is -1.40. The predicted molar refractivity (Wildman–Crippen MR) is 107 cm³/mol. The van der Waals surface area contributed by atoms with E-state index in [4.69, 9.17) is 10.5 Å². The van der Waals surface area contributed by atoms with Crippen molar-refractivity contribution in [1.29, 1.82) is 0 Å². The summed E-state index contributed by atoms with van der Waals surface area (Å²) >= 11 is 1.62. The Morgan fingerprint density at radius 2 is 1.88 bits per heavy atom. The van der Waals surface area contributed by atoms with Crippen LogP contribution in [0.4, 0.5) is 0 Å². The molecule has 1 heterocycles. The van der Waals surface area contributed by atoms with Crippen molar-refractivity contribution in [3.63, 3.8) is 0 Å². The zero-order valence-electron chi connectivity index (χ0n) is 14.9. The summed E-state index contributed by atoms with van der Waals surface area (Å²) in [6.45, 7) is 4.61. The first kappa shape index (κ1) is 21.6. The van der Waals surface area contributed by atoms with Gasteiger partial charge in [0.1, 0.15) is 6.04 Å². The van der Waals surface area contributed by atoms with Crippen LogP contribution in [0.2, 0.25) is 0 Å². The van der Waals surface area contributed by atoms with Gasteiger partial charge in [0.25, 0.3) is 0 Å². The average molecular weight is 383 g/mol. The van der Waals surface area contributed by atoms with E-state index >= 15 is 0 Å². The molecule has 25 heavy (non-hydrogen) atoms. The van der Waals surface area contributed by atoms with Gasteiger partial charge in [-0.1, -0.05) is 44.2 Å². The molecule has 4 nitrogen and oxygen atoms in total. The lowest BCUT2D eigenvalue weighted by atomic mass is 9.95. The van der Waals surface area contributed by atoms with E-state index in [0.29, 0.717) is 5.92 Å². The third-order valence-corrected chi connectivity index (χ3v) is 5.19. The maximum atomic E-state index is 12.3. The predicted octanol–water partition coefficient (Wildman–Crippen LogP) is 3.86. The van der Waals surface area contributed by atoms with Crippen LogP contribution >= 0.6 is 23.7 Å². The molecular formula is C19H27ClN2O2S. The Morgan fingerprint density at radius 1 is 1.24 bits per heavy atom. The highest BCUT2D eigenvalue weighted by atomic mass is 35.5. The molecule has 138 valence electrons. The first-order valence-corrected chi connectivity index (χ1v) is 9.12. The van der Waals surface area contributed by atoms with E-state index in [-0.39, 0.29) is 31.0 Å². The van der Waals surface area contributed by atoms with Crippen molar-refractivity contribution in [3.05, 3.63) is 57.8 Å². The van der Waals surface area contributed by atoms with Gasteiger partial charge >= 0.3 is 0 Å². The molecule has 3 N–H and O–H groups in total. The topological polar surface area (TPSA) is 64.4 Å². The van der Waals surface area contributed by atoms with Gasteiger partial charge in [-0.3, -0.25) is 4.79 Å². The molecule has 0 spiro atoms. The van der Waals surface area contributed by atoms with Gasteiger partial charge in [-0.2, -0.15) is 0 Å². The van der Waals surface area contributed by atoms with Gasteiger partial charge in [0.15, 0.2) is 0 Å². The zero-order valence-corrected chi connectivity index (χ0v) is 16.5. The van der Waals surface area contributed by atoms with Crippen molar-refractivity contribution in [2.75, 3.05) is 13.7 Å². The Kier molecular flexibility index (Phi) is 9.14. The van der Waals surface area contributed by atoms with E-state index in [0.717, 1.165) is 16.9 Å². The van der Waals surface area contributed by atoms with Crippen LogP contribution in [-0.4, -0.2) is 25.7 Å². The lowest BCUT2D eigenvalue weighted by Crippen LogP contribution is -2.44. The van der Waals surface area contributed by atoms with Gasteiger partial charge < -0.3 is 15.8 Å². The van der Waals surface area contributed by atoms with E-state index in [9.17, 15) is 4.79 Å². The Morgan fingerprint density at radius 3 is 2.40 bits per heavy atom. The van der Waals surface area contributed by atoms with E-state index < -0.39 is 6.04 Å². The summed E-state index contributed by atoms with van der Waals surface area (Å²) in [6, 6.07) is 11.6. The number of rotatable bonds is 8. The third kappa shape index (κ3) is 5.82. The number of nitrogens with one attached hydrogen (secondary N) is 1. The van der Waals surface area contributed by atoms with Crippen LogP contribution < -0.4 is 11.1 Å². The summed E-state index contributed by atoms with van der Waals surface area (Å²) in [4.78, 5) is 13.4. The second-order valence-electron chi connectivity index (χ2n) is 5.99. The molecule has 1 aromatic carbocycles. The summed E-state index contributed by atoms with van der Waals surface area (Å²) in [5.41, 5.74) is 8.23. The first-order chi connectivity index (χ1) is 11.6. The van der Waals surface area contributed by atoms with Crippen molar-refractivity contribution in [3.8, 4) is 0 Å². The molecule has 0 saturated heterocycles. The molecule has 1 amide bonds. The Labute approximate surface area is 160 Å². The van der Waals surface area contributed by atoms with E-state index in [2.05, 4.69) is 43.4 Å². The summed E-state index contributed by atoms with van der Waals surface area (Å²) < 4.78 is 4.97. The first-order valence-electron chi connectivity index (χ1n) is 8.25. The van der Waals surface area contributed by atoms with E-state index in [1.54, 1.807) is 11.3 Å². The highest BCUT2D eigenvalue weighted by Crippen LogP contribution is 2.28. The molecule has 1 aromatic heterocycles. The van der Waals surface area contributed by atoms with Crippen LogP contribution in [0.1, 0.15) is 48.2 Å². The SMILES string of the molecule is CCC(C)c1ccc(C(NC(=O)C(N)COC)c2cccs2)cc1.Cl. The number of hydrogen-bond acceptors (Lipinski definition) is 4. The van der Waals surface area contributed by atoms with Crippen LogP contribution in [-0.2, 0) is 9.53 Å². The number of hydrogen-bond donors (Lipinski definition) is 2.